The molecule has 0 aliphatic carbocycles. The molecule has 1 N–H and O–H groups in total. The maximum atomic E-state index is 11.9. The molecule has 2 nitrogen and oxygen atoms in total. The van der Waals surface area contributed by atoms with Gasteiger partial charge >= 0.3 is 0 Å². The van der Waals surface area contributed by atoms with Gasteiger partial charge < -0.3 is 5.32 Å². The summed E-state index contributed by atoms with van der Waals surface area (Å²) in [4.78, 5) is 13.8. The third kappa shape index (κ3) is 2.14. The van der Waals surface area contributed by atoms with Crippen molar-refractivity contribution in [3.05, 3.63) is 57.8 Å². The minimum Gasteiger partial charge on any atom is -0.349 e. The van der Waals surface area contributed by atoms with Crippen LogP contribution in [-0.2, 0) is 0 Å². The summed E-state index contributed by atoms with van der Waals surface area (Å²) in [7, 11) is 0. The fourth-order valence-electron chi connectivity index (χ4n) is 1.61. The van der Waals surface area contributed by atoms with Crippen LogP contribution in [0.25, 0.3) is 0 Å². The minimum absolute atomic E-state index is 0.0582. The molecule has 1 aromatic carbocycles. The maximum Gasteiger partial charge on any atom is 0.198 e. The molecule has 1 aromatic heterocycles. The second-order valence-corrected chi connectivity index (χ2v) is 5.60. The van der Waals surface area contributed by atoms with Gasteiger partial charge in [0.25, 0.3) is 0 Å². The number of para-hydroxylation sites is 1. The van der Waals surface area contributed by atoms with Crippen LogP contribution in [0.3, 0.4) is 0 Å². The maximum absolute atomic E-state index is 11.9. The van der Waals surface area contributed by atoms with Crippen molar-refractivity contribution < 1.29 is 4.79 Å². The molecule has 0 spiro atoms. The molecule has 1 aliphatic rings. The Morgan fingerprint density at radius 1 is 1.18 bits per heavy atom. The number of fused-ring (bicyclic) bond motifs is 1. The van der Waals surface area contributed by atoms with Gasteiger partial charge in [0.1, 0.15) is 0 Å². The third-order valence-corrected chi connectivity index (χ3v) is 4.29. The highest BCUT2D eigenvalue weighted by atomic mass is 32.2. The number of hydrogen-bond donors (Lipinski definition) is 1. The van der Waals surface area contributed by atoms with Gasteiger partial charge in [0.05, 0.1) is 15.6 Å². The topological polar surface area (TPSA) is 29.1 Å². The van der Waals surface area contributed by atoms with Crippen LogP contribution in [0.4, 0.5) is 5.69 Å². The molecular formula is C13H9NOS2. The number of carbonyl (C=O) groups is 1. The number of thiophene rings is 1. The summed E-state index contributed by atoms with van der Waals surface area (Å²) < 4.78 is 0. The van der Waals surface area contributed by atoms with Crippen LogP contribution in [0, 0.1) is 0 Å². The fraction of sp³-hybridized carbons (Fsp3) is 0. The van der Waals surface area contributed by atoms with Crippen molar-refractivity contribution in [2.24, 2.45) is 0 Å². The lowest BCUT2D eigenvalue weighted by Gasteiger charge is -1.96. The van der Waals surface area contributed by atoms with Crippen molar-refractivity contribution in [3.63, 3.8) is 0 Å². The fourth-order valence-corrected chi connectivity index (χ4v) is 3.19. The molecule has 4 heteroatoms. The second kappa shape index (κ2) is 4.39. The number of rotatable bonds is 2. The molecule has 0 radical (unpaired) electrons. The highest BCUT2D eigenvalue weighted by Gasteiger charge is 2.16. The summed E-state index contributed by atoms with van der Waals surface area (Å²) in [5.41, 5.74) is 1.07. The Labute approximate surface area is 107 Å². The predicted molar refractivity (Wildman–Crippen MR) is 72.7 cm³/mol. The average molecular weight is 259 g/mol. The molecule has 1 aliphatic heterocycles. The first-order valence-corrected chi connectivity index (χ1v) is 6.86. The monoisotopic (exact) mass is 259 g/mol. The van der Waals surface area contributed by atoms with Gasteiger partial charge in [0.15, 0.2) is 5.78 Å². The van der Waals surface area contributed by atoms with Crippen LogP contribution in [0.5, 0.6) is 0 Å². The number of benzene rings is 1. The Morgan fingerprint density at radius 3 is 2.82 bits per heavy atom. The first-order valence-electron chi connectivity index (χ1n) is 5.16. The molecule has 0 saturated carbocycles. The van der Waals surface area contributed by atoms with Gasteiger partial charge in [-0.3, -0.25) is 4.79 Å². The Kier molecular flexibility index (Phi) is 2.74. The van der Waals surface area contributed by atoms with Gasteiger partial charge in [-0.25, -0.2) is 0 Å². The SMILES string of the molecule is O=C(/C=C1/Nc2ccccc2S1)c1cccs1. The smallest absolute Gasteiger partial charge is 0.198 e. The number of carbonyl (C=O) groups excluding carboxylic acids is 1. The summed E-state index contributed by atoms with van der Waals surface area (Å²) in [6.07, 6.45) is 1.66. The van der Waals surface area contributed by atoms with Crippen molar-refractivity contribution in [2.45, 2.75) is 4.90 Å². The van der Waals surface area contributed by atoms with Gasteiger partial charge in [-0.05, 0) is 23.6 Å². The van der Waals surface area contributed by atoms with E-state index >= 15 is 0 Å². The number of nitrogens with one attached hydrogen (secondary N) is 1. The van der Waals surface area contributed by atoms with E-state index in [9.17, 15) is 4.79 Å². The summed E-state index contributed by atoms with van der Waals surface area (Å²) in [6.45, 7) is 0. The van der Waals surface area contributed by atoms with Crippen LogP contribution < -0.4 is 5.32 Å². The van der Waals surface area contributed by atoms with Crippen molar-refractivity contribution in [3.8, 4) is 0 Å². The summed E-state index contributed by atoms with van der Waals surface area (Å²) >= 11 is 3.06. The number of ketones is 1. The number of allylic oxidation sites excluding steroid dienone is 1. The van der Waals surface area contributed by atoms with Crippen molar-refractivity contribution in [2.75, 3.05) is 5.32 Å². The van der Waals surface area contributed by atoms with Gasteiger partial charge in [0.2, 0.25) is 0 Å². The highest BCUT2D eigenvalue weighted by Crippen LogP contribution is 2.40. The summed E-state index contributed by atoms with van der Waals surface area (Å²) in [5, 5.41) is 6.04. The van der Waals surface area contributed by atoms with Gasteiger partial charge in [-0.1, -0.05) is 30.0 Å². The molecule has 0 amide bonds. The zero-order chi connectivity index (χ0) is 11.7. The van der Waals surface area contributed by atoms with E-state index in [1.165, 1.54) is 11.3 Å². The van der Waals surface area contributed by atoms with Crippen LogP contribution in [0.15, 0.2) is 57.8 Å². The van der Waals surface area contributed by atoms with Crippen LogP contribution in [0.2, 0.25) is 0 Å². The van der Waals surface area contributed by atoms with Crippen molar-refractivity contribution >= 4 is 34.6 Å². The molecule has 2 aromatic rings. The molecule has 0 unspecified atom stereocenters. The Balaban J connectivity index is 1.83. The summed E-state index contributed by atoms with van der Waals surface area (Å²) in [6, 6.07) is 11.8. The van der Waals surface area contributed by atoms with Crippen LogP contribution >= 0.6 is 23.1 Å². The molecule has 2 heterocycles. The number of thioether (sulfide) groups is 1. The third-order valence-electron chi connectivity index (χ3n) is 2.39. The van der Waals surface area contributed by atoms with E-state index in [0.717, 1.165) is 20.5 Å². The highest BCUT2D eigenvalue weighted by molar-refractivity contribution is 8.03. The normalized spacial score (nSPS) is 15.6. The quantitative estimate of drug-likeness (QED) is 0.653. The van der Waals surface area contributed by atoms with E-state index in [2.05, 4.69) is 5.32 Å². The molecule has 17 heavy (non-hydrogen) atoms. The van der Waals surface area contributed by atoms with E-state index in [0.29, 0.717) is 0 Å². The second-order valence-electron chi connectivity index (χ2n) is 3.57. The minimum atomic E-state index is 0.0582. The lowest BCUT2D eigenvalue weighted by Crippen LogP contribution is -1.95. The molecule has 84 valence electrons. The largest absolute Gasteiger partial charge is 0.349 e. The molecule has 0 fully saturated rings. The molecule has 0 atom stereocenters. The Hall–Kier alpha value is -1.52. The lowest BCUT2D eigenvalue weighted by molar-refractivity contribution is 0.105. The molecule has 0 saturated heterocycles. The number of anilines is 1. The van der Waals surface area contributed by atoms with E-state index in [1.54, 1.807) is 17.8 Å². The molecule has 3 rings (SSSR count). The van der Waals surface area contributed by atoms with Crippen molar-refractivity contribution in [1.82, 2.24) is 0 Å². The lowest BCUT2D eigenvalue weighted by atomic mass is 10.3. The zero-order valence-corrected chi connectivity index (χ0v) is 10.5. The van der Waals surface area contributed by atoms with Gasteiger partial charge in [-0.2, -0.15) is 0 Å². The standard InChI is InChI=1S/C13H9NOS2/c15-10(12-6-3-7-16-12)8-13-14-9-4-1-2-5-11(9)17-13/h1-8,14H/b13-8-. The Bertz CT molecular complexity index is 560. The van der Waals surface area contributed by atoms with Crippen molar-refractivity contribution in [1.29, 1.82) is 0 Å². The van der Waals surface area contributed by atoms with Crippen LogP contribution in [0.1, 0.15) is 9.67 Å². The summed E-state index contributed by atoms with van der Waals surface area (Å²) in [5.74, 6) is 0.0582. The van der Waals surface area contributed by atoms with Crippen LogP contribution in [-0.4, -0.2) is 5.78 Å². The van der Waals surface area contributed by atoms with E-state index in [1.807, 2.05) is 41.8 Å². The number of hydrogen-bond acceptors (Lipinski definition) is 4. The average Bonchev–Trinajstić information content (AvgIpc) is 2.97. The first kappa shape index (κ1) is 10.6. The zero-order valence-electron chi connectivity index (χ0n) is 8.84. The molecule has 0 bridgehead atoms. The van der Waals surface area contributed by atoms with E-state index in [-0.39, 0.29) is 5.78 Å². The predicted octanol–water partition coefficient (Wildman–Crippen LogP) is 3.99. The van der Waals surface area contributed by atoms with Gasteiger partial charge in [-0.15, -0.1) is 11.3 Å². The van der Waals surface area contributed by atoms with Gasteiger partial charge in [0, 0.05) is 11.0 Å². The Morgan fingerprint density at radius 2 is 2.06 bits per heavy atom. The first-order chi connectivity index (χ1) is 8.33. The van der Waals surface area contributed by atoms with E-state index < -0.39 is 0 Å². The molecular weight excluding hydrogens is 250 g/mol. The van der Waals surface area contributed by atoms with E-state index in [4.69, 9.17) is 0 Å².